The molecule has 24 heavy (non-hydrogen) atoms. The van der Waals surface area contributed by atoms with Gasteiger partial charge in [-0.3, -0.25) is 0 Å². The number of oxazole rings is 1. The van der Waals surface area contributed by atoms with Gasteiger partial charge >= 0.3 is 0 Å². The molecular weight excluding hydrogens is 307 g/mol. The monoisotopic (exact) mass is 320 g/mol. The quantitative estimate of drug-likeness (QED) is 0.580. The summed E-state index contributed by atoms with van der Waals surface area (Å²) in [5, 5.41) is 13.1. The highest BCUT2D eigenvalue weighted by molar-refractivity contribution is 5.80. The SMILES string of the molecule is Cc1ccc(-c2nc(C#N)c(N/N=C/c3cccc(F)c3)o2)cc1. The summed E-state index contributed by atoms with van der Waals surface area (Å²) in [7, 11) is 0. The Labute approximate surface area is 138 Å². The van der Waals surface area contributed by atoms with Crippen LogP contribution in [0.2, 0.25) is 0 Å². The number of hydrazone groups is 1. The maximum atomic E-state index is 13.1. The van der Waals surface area contributed by atoms with Gasteiger partial charge in [0.2, 0.25) is 11.6 Å². The van der Waals surface area contributed by atoms with E-state index in [1.807, 2.05) is 37.3 Å². The number of hydrogen-bond acceptors (Lipinski definition) is 5. The molecule has 0 saturated heterocycles. The molecule has 3 rings (SSSR count). The first kappa shape index (κ1) is 15.4. The Bertz CT molecular complexity index is 923. The van der Waals surface area contributed by atoms with E-state index in [1.165, 1.54) is 18.3 Å². The average molecular weight is 320 g/mol. The van der Waals surface area contributed by atoms with Crippen molar-refractivity contribution in [3.63, 3.8) is 0 Å². The predicted molar refractivity (Wildman–Crippen MR) is 89.0 cm³/mol. The third kappa shape index (κ3) is 3.47. The lowest BCUT2D eigenvalue weighted by atomic mass is 10.1. The molecule has 6 heteroatoms. The Morgan fingerprint density at radius 1 is 1.25 bits per heavy atom. The fraction of sp³-hybridized carbons (Fsp3) is 0.0556. The van der Waals surface area contributed by atoms with Crippen LogP contribution in [0.15, 0.2) is 58.0 Å². The molecule has 1 aromatic heterocycles. The largest absolute Gasteiger partial charge is 0.417 e. The van der Waals surface area contributed by atoms with Crippen LogP contribution in [0.1, 0.15) is 16.8 Å². The number of hydrogen-bond donors (Lipinski definition) is 1. The molecular formula is C18H13FN4O. The number of aryl methyl sites for hydroxylation is 1. The van der Waals surface area contributed by atoms with Crippen LogP contribution in [0.5, 0.6) is 0 Å². The van der Waals surface area contributed by atoms with Gasteiger partial charge in [-0.05, 0) is 36.8 Å². The molecule has 0 aliphatic rings. The molecule has 0 radical (unpaired) electrons. The van der Waals surface area contributed by atoms with E-state index in [-0.39, 0.29) is 17.4 Å². The zero-order valence-electron chi connectivity index (χ0n) is 12.8. The van der Waals surface area contributed by atoms with Crippen LogP contribution in [-0.2, 0) is 0 Å². The summed E-state index contributed by atoms with van der Waals surface area (Å²) in [6, 6.07) is 15.5. The molecule has 0 saturated carbocycles. The minimum atomic E-state index is -0.349. The van der Waals surface area contributed by atoms with Crippen LogP contribution in [-0.4, -0.2) is 11.2 Å². The molecule has 0 atom stereocenters. The second-order valence-corrected chi connectivity index (χ2v) is 5.10. The molecule has 0 aliphatic heterocycles. The molecule has 1 N–H and O–H groups in total. The zero-order valence-corrected chi connectivity index (χ0v) is 12.8. The molecule has 0 amide bonds. The molecule has 0 bridgehead atoms. The van der Waals surface area contributed by atoms with Gasteiger partial charge in [-0.2, -0.15) is 15.3 Å². The third-order valence-corrected chi connectivity index (χ3v) is 3.26. The number of nitriles is 1. The van der Waals surface area contributed by atoms with Gasteiger partial charge in [0, 0.05) is 5.56 Å². The van der Waals surface area contributed by atoms with Crippen LogP contribution < -0.4 is 5.43 Å². The summed E-state index contributed by atoms with van der Waals surface area (Å²) < 4.78 is 18.7. The first-order chi connectivity index (χ1) is 11.7. The number of anilines is 1. The topological polar surface area (TPSA) is 74.2 Å². The normalized spacial score (nSPS) is 10.7. The Hall–Kier alpha value is -3.46. The molecule has 3 aromatic rings. The van der Waals surface area contributed by atoms with E-state index < -0.39 is 0 Å². The highest BCUT2D eigenvalue weighted by atomic mass is 19.1. The number of nitrogens with one attached hydrogen (secondary N) is 1. The lowest BCUT2D eigenvalue weighted by Gasteiger charge is -1.97. The molecule has 0 unspecified atom stereocenters. The molecule has 118 valence electrons. The van der Waals surface area contributed by atoms with Crippen LogP contribution in [0.4, 0.5) is 10.3 Å². The highest BCUT2D eigenvalue weighted by Crippen LogP contribution is 2.25. The number of nitrogens with zero attached hydrogens (tertiary/aromatic N) is 3. The van der Waals surface area contributed by atoms with E-state index in [0.29, 0.717) is 11.5 Å². The molecule has 2 aromatic carbocycles. The van der Waals surface area contributed by atoms with Gasteiger partial charge in [-0.15, -0.1) is 0 Å². The third-order valence-electron chi connectivity index (χ3n) is 3.26. The van der Waals surface area contributed by atoms with Crippen LogP contribution >= 0.6 is 0 Å². The molecule has 1 heterocycles. The minimum absolute atomic E-state index is 0.0990. The van der Waals surface area contributed by atoms with Crippen molar-refractivity contribution < 1.29 is 8.81 Å². The molecule has 0 spiro atoms. The van der Waals surface area contributed by atoms with E-state index in [9.17, 15) is 4.39 Å². The maximum absolute atomic E-state index is 13.1. The zero-order chi connectivity index (χ0) is 16.9. The van der Waals surface area contributed by atoms with E-state index in [0.717, 1.165) is 11.1 Å². The number of halogens is 1. The standard InChI is InChI=1S/C18H13FN4O/c1-12-5-7-14(8-6-12)17-22-16(10-20)18(24-17)23-21-11-13-3-2-4-15(19)9-13/h2-9,11,23H,1H3/b21-11+. The van der Waals surface area contributed by atoms with Gasteiger partial charge in [0.05, 0.1) is 6.21 Å². The lowest BCUT2D eigenvalue weighted by Crippen LogP contribution is -1.91. The van der Waals surface area contributed by atoms with Crippen molar-refractivity contribution in [2.24, 2.45) is 5.10 Å². The fourth-order valence-electron chi connectivity index (χ4n) is 2.04. The van der Waals surface area contributed by atoms with Gasteiger partial charge in [0.1, 0.15) is 11.9 Å². The van der Waals surface area contributed by atoms with Crippen molar-refractivity contribution in [3.8, 4) is 17.5 Å². The molecule has 5 nitrogen and oxygen atoms in total. The van der Waals surface area contributed by atoms with Crippen molar-refractivity contribution in [2.75, 3.05) is 5.43 Å². The van der Waals surface area contributed by atoms with Crippen molar-refractivity contribution >= 4 is 12.1 Å². The molecule has 0 aliphatic carbocycles. The smallest absolute Gasteiger partial charge is 0.252 e. The van der Waals surface area contributed by atoms with Crippen LogP contribution in [0.25, 0.3) is 11.5 Å². The second kappa shape index (κ2) is 6.75. The number of rotatable bonds is 4. The Morgan fingerprint density at radius 2 is 2.04 bits per heavy atom. The van der Waals surface area contributed by atoms with Crippen molar-refractivity contribution in [1.29, 1.82) is 5.26 Å². The van der Waals surface area contributed by atoms with E-state index in [2.05, 4.69) is 15.5 Å². The Balaban J connectivity index is 1.81. The summed E-state index contributed by atoms with van der Waals surface area (Å²) in [6.45, 7) is 1.98. The summed E-state index contributed by atoms with van der Waals surface area (Å²) in [6.07, 6.45) is 1.43. The lowest BCUT2D eigenvalue weighted by molar-refractivity contribution is 0.587. The fourth-order valence-corrected chi connectivity index (χ4v) is 2.04. The average Bonchev–Trinajstić information content (AvgIpc) is 2.99. The van der Waals surface area contributed by atoms with Crippen molar-refractivity contribution in [3.05, 3.63) is 71.2 Å². The van der Waals surface area contributed by atoms with Gasteiger partial charge in [-0.1, -0.05) is 29.8 Å². The highest BCUT2D eigenvalue weighted by Gasteiger charge is 2.13. The van der Waals surface area contributed by atoms with Gasteiger partial charge in [0.25, 0.3) is 5.88 Å². The van der Waals surface area contributed by atoms with Crippen molar-refractivity contribution in [2.45, 2.75) is 6.92 Å². The summed E-state index contributed by atoms with van der Waals surface area (Å²) >= 11 is 0. The van der Waals surface area contributed by atoms with Gasteiger partial charge in [-0.25, -0.2) is 9.82 Å². The van der Waals surface area contributed by atoms with Crippen molar-refractivity contribution in [1.82, 2.24) is 4.98 Å². The van der Waals surface area contributed by atoms with Gasteiger partial charge in [0.15, 0.2) is 0 Å². The second-order valence-electron chi connectivity index (χ2n) is 5.10. The van der Waals surface area contributed by atoms with E-state index >= 15 is 0 Å². The summed E-state index contributed by atoms with van der Waals surface area (Å²) in [4.78, 5) is 4.14. The summed E-state index contributed by atoms with van der Waals surface area (Å²) in [5.74, 6) is 0.119. The van der Waals surface area contributed by atoms with E-state index in [4.69, 9.17) is 9.68 Å². The van der Waals surface area contributed by atoms with E-state index in [1.54, 1.807) is 12.1 Å². The minimum Gasteiger partial charge on any atom is -0.417 e. The number of aromatic nitrogens is 1. The first-order valence-corrected chi connectivity index (χ1v) is 7.18. The number of benzene rings is 2. The maximum Gasteiger partial charge on any atom is 0.252 e. The molecule has 0 fully saturated rings. The Morgan fingerprint density at radius 3 is 2.75 bits per heavy atom. The summed E-state index contributed by atoms with van der Waals surface area (Å²) in [5.41, 5.74) is 5.19. The van der Waals surface area contributed by atoms with Crippen LogP contribution in [0.3, 0.4) is 0 Å². The Kier molecular flexibility index (Phi) is 4.34. The van der Waals surface area contributed by atoms with Crippen LogP contribution in [0, 0.1) is 24.1 Å². The van der Waals surface area contributed by atoms with Gasteiger partial charge < -0.3 is 4.42 Å². The first-order valence-electron chi connectivity index (χ1n) is 7.18. The predicted octanol–water partition coefficient (Wildman–Crippen LogP) is 4.11.